The molecule has 0 N–H and O–H groups in total. The van der Waals surface area contributed by atoms with Crippen LogP contribution in [0, 0.1) is 5.82 Å². The van der Waals surface area contributed by atoms with Gasteiger partial charge < -0.3 is 0 Å². The smallest absolute Gasteiger partial charge is 0.177 e. The minimum Gasteiger partial charge on any atom is -0.293 e. The van der Waals surface area contributed by atoms with Crippen molar-refractivity contribution in [1.29, 1.82) is 0 Å². The van der Waals surface area contributed by atoms with Crippen molar-refractivity contribution in [1.82, 2.24) is 0 Å². The zero-order valence-electron chi connectivity index (χ0n) is 9.65. The minimum absolute atomic E-state index is 0.0418. The number of carbonyl (C=O) groups excluding carboxylic acids is 1. The van der Waals surface area contributed by atoms with Crippen LogP contribution in [0.5, 0.6) is 0 Å². The highest BCUT2D eigenvalue weighted by molar-refractivity contribution is 7.27. The van der Waals surface area contributed by atoms with Crippen LogP contribution in [0.25, 0.3) is 9.40 Å². The molecule has 0 spiro atoms. The summed E-state index contributed by atoms with van der Waals surface area (Å²) in [4.78, 5) is 12.8. The second kappa shape index (κ2) is 5.04. The van der Waals surface area contributed by atoms with Crippen LogP contribution in [0.3, 0.4) is 0 Å². The maximum Gasteiger partial charge on any atom is 0.177 e. The normalized spacial score (nSPS) is 11.1. The first-order valence-electron chi connectivity index (χ1n) is 5.57. The van der Waals surface area contributed by atoms with E-state index in [0.29, 0.717) is 15.5 Å². The van der Waals surface area contributed by atoms with Crippen LogP contribution in [0.1, 0.15) is 15.2 Å². The Morgan fingerprint density at radius 2 is 2.05 bits per heavy atom. The number of rotatable bonds is 3. The molecule has 0 aliphatic heterocycles. The first kappa shape index (κ1) is 12.8. The fourth-order valence-electron chi connectivity index (χ4n) is 1.84. The van der Waals surface area contributed by atoms with Crippen LogP contribution in [-0.4, -0.2) is 5.78 Å². The standard InChI is InChI=1S/C14H8ClFOS2/c15-9-1-2-10(16)8(5-9)6-11(17)13-7-14-12(19-13)3-4-18-14/h1-5,7H,6H2. The summed E-state index contributed by atoms with van der Waals surface area (Å²) in [7, 11) is 0. The van der Waals surface area contributed by atoms with Gasteiger partial charge in [-0.15, -0.1) is 22.7 Å². The maximum absolute atomic E-state index is 13.6. The van der Waals surface area contributed by atoms with Gasteiger partial charge in [-0.1, -0.05) is 11.6 Å². The summed E-state index contributed by atoms with van der Waals surface area (Å²) in [6, 6.07) is 8.13. The van der Waals surface area contributed by atoms with Gasteiger partial charge in [0.15, 0.2) is 5.78 Å². The monoisotopic (exact) mass is 310 g/mol. The van der Waals surface area contributed by atoms with Gasteiger partial charge >= 0.3 is 0 Å². The van der Waals surface area contributed by atoms with Crippen molar-refractivity contribution >= 4 is 49.5 Å². The van der Waals surface area contributed by atoms with Gasteiger partial charge in [-0.2, -0.15) is 0 Å². The van der Waals surface area contributed by atoms with E-state index in [2.05, 4.69) is 0 Å². The second-order valence-corrected chi connectivity index (χ2v) is 6.56. The number of carbonyl (C=O) groups is 1. The fourth-order valence-corrected chi connectivity index (χ4v) is 4.08. The van der Waals surface area contributed by atoms with Crippen molar-refractivity contribution < 1.29 is 9.18 Å². The molecular weight excluding hydrogens is 303 g/mol. The van der Waals surface area contributed by atoms with Crippen molar-refractivity contribution in [2.24, 2.45) is 0 Å². The van der Waals surface area contributed by atoms with E-state index in [9.17, 15) is 9.18 Å². The van der Waals surface area contributed by atoms with Crippen LogP contribution in [0.2, 0.25) is 5.02 Å². The first-order valence-corrected chi connectivity index (χ1v) is 7.65. The van der Waals surface area contributed by atoms with Crippen molar-refractivity contribution in [3.05, 3.63) is 57.0 Å². The number of benzene rings is 1. The summed E-state index contributed by atoms with van der Waals surface area (Å²) in [5, 5.41) is 2.43. The largest absolute Gasteiger partial charge is 0.293 e. The molecule has 2 aromatic heterocycles. The van der Waals surface area contributed by atoms with E-state index in [-0.39, 0.29) is 12.2 Å². The lowest BCUT2D eigenvalue weighted by molar-refractivity contribution is 0.0996. The SMILES string of the molecule is O=C(Cc1cc(Cl)ccc1F)c1cc2sccc2s1. The molecule has 0 amide bonds. The Hall–Kier alpha value is -1.23. The van der Waals surface area contributed by atoms with Gasteiger partial charge in [0.05, 0.1) is 4.88 Å². The highest BCUT2D eigenvalue weighted by Gasteiger charge is 2.14. The third-order valence-corrected chi connectivity index (χ3v) is 5.14. The van der Waals surface area contributed by atoms with E-state index in [1.807, 2.05) is 17.5 Å². The molecule has 0 saturated heterocycles. The molecule has 0 bridgehead atoms. The molecule has 2 heterocycles. The van der Waals surface area contributed by atoms with Crippen LogP contribution in [0.4, 0.5) is 4.39 Å². The molecule has 0 saturated carbocycles. The molecule has 0 aliphatic rings. The van der Waals surface area contributed by atoms with Crippen LogP contribution < -0.4 is 0 Å². The lowest BCUT2D eigenvalue weighted by Gasteiger charge is -2.02. The quantitative estimate of drug-likeness (QED) is 0.609. The molecule has 0 unspecified atom stereocenters. The predicted octanol–water partition coefficient (Wildman–Crippen LogP) is 5.18. The minimum atomic E-state index is -0.392. The predicted molar refractivity (Wildman–Crippen MR) is 79.1 cm³/mol. The van der Waals surface area contributed by atoms with Gasteiger partial charge in [0.1, 0.15) is 5.82 Å². The fraction of sp³-hybridized carbons (Fsp3) is 0.0714. The topological polar surface area (TPSA) is 17.1 Å². The average molecular weight is 311 g/mol. The number of hydrogen-bond donors (Lipinski definition) is 0. The molecule has 5 heteroatoms. The summed E-state index contributed by atoms with van der Waals surface area (Å²) in [5.41, 5.74) is 0.342. The summed E-state index contributed by atoms with van der Waals surface area (Å²) in [5.74, 6) is -0.467. The zero-order valence-corrected chi connectivity index (χ0v) is 12.0. The molecule has 96 valence electrons. The molecule has 1 nitrogen and oxygen atoms in total. The third kappa shape index (κ3) is 2.56. The summed E-state index contributed by atoms with van der Waals surface area (Å²) in [6.07, 6.45) is 0.0418. The van der Waals surface area contributed by atoms with Gasteiger partial charge in [-0.05, 0) is 41.3 Å². The Morgan fingerprint density at radius 3 is 2.84 bits per heavy atom. The van der Waals surface area contributed by atoms with Gasteiger partial charge in [-0.3, -0.25) is 4.79 Å². The van der Waals surface area contributed by atoms with E-state index < -0.39 is 5.82 Å². The number of halogens is 2. The van der Waals surface area contributed by atoms with Gasteiger partial charge in [0, 0.05) is 20.8 Å². The Kier molecular flexibility index (Phi) is 3.39. The molecule has 19 heavy (non-hydrogen) atoms. The van der Waals surface area contributed by atoms with E-state index in [1.165, 1.54) is 29.5 Å². The Bertz CT molecular complexity index is 731. The lowest BCUT2D eigenvalue weighted by atomic mass is 10.1. The van der Waals surface area contributed by atoms with Crippen LogP contribution in [0.15, 0.2) is 35.7 Å². The van der Waals surface area contributed by atoms with Crippen LogP contribution >= 0.6 is 34.3 Å². The molecule has 3 aromatic rings. The highest BCUT2D eigenvalue weighted by atomic mass is 35.5. The van der Waals surface area contributed by atoms with Crippen molar-refractivity contribution in [3.63, 3.8) is 0 Å². The van der Waals surface area contributed by atoms with E-state index in [1.54, 1.807) is 11.3 Å². The number of thiophene rings is 2. The molecular formula is C14H8ClFOS2. The molecule has 0 fully saturated rings. The summed E-state index contributed by atoms with van der Waals surface area (Å²) >= 11 is 8.87. The number of ketones is 1. The summed E-state index contributed by atoms with van der Waals surface area (Å²) in [6.45, 7) is 0. The highest BCUT2D eigenvalue weighted by Crippen LogP contribution is 2.31. The zero-order chi connectivity index (χ0) is 13.4. The molecule has 0 aliphatic carbocycles. The van der Waals surface area contributed by atoms with Crippen molar-refractivity contribution in [2.45, 2.75) is 6.42 Å². The van der Waals surface area contributed by atoms with Crippen molar-refractivity contribution in [2.75, 3.05) is 0 Å². The van der Waals surface area contributed by atoms with Crippen molar-refractivity contribution in [3.8, 4) is 0 Å². The molecule has 0 radical (unpaired) electrons. The molecule has 3 rings (SSSR count). The van der Waals surface area contributed by atoms with E-state index >= 15 is 0 Å². The van der Waals surface area contributed by atoms with Gasteiger partial charge in [-0.25, -0.2) is 4.39 Å². The average Bonchev–Trinajstić information content (AvgIpc) is 2.94. The third-order valence-electron chi connectivity index (χ3n) is 2.77. The van der Waals surface area contributed by atoms with E-state index in [4.69, 9.17) is 11.6 Å². The Labute approximate surface area is 122 Å². The van der Waals surface area contributed by atoms with Crippen LogP contribution in [-0.2, 0) is 6.42 Å². The molecule has 0 atom stereocenters. The van der Waals surface area contributed by atoms with Gasteiger partial charge in [0.2, 0.25) is 0 Å². The number of fused-ring (bicyclic) bond motifs is 1. The summed E-state index contributed by atoms with van der Waals surface area (Å²) < 4.78 is 15.8. The Morgan fingerprint density at radius 1 is 1.21 bits per heavy atom. The molecule has 1 aromatic carbocycles. The number of Topliss-reactive ketones (excluding diaryl/α,β-unsaturated/α-hetero) is 1. The second-order valence-electron chi connectivity index (χ2n) is 4.10. The number of hydrogen-bond acceptors (Lipinski definition) is 3. The van der Waals surface area contributed by atoms with E-state index in [0.717, 1.165) is 9.40 Å². The van der Waals surface area contributed by atoms with Gasteiger partial charge in [0.25, 0.3) is 0 Å². The first-order chi connectivity index (χ1) is 9.13. The maximum atomic E-state index is 13.6. The Balaban J connectivity index is 1.88. The lowest BCUT2D eigenvalue weighted by Crippen LogP contribution is -2.03.